The van der Waals surface area contributed by atoms with Crippen molar-refractivity contribution in [2.45, 2.75) is 124 Å². The van der Waals surface area contributed by atoms with E-state index >= 15 is 0 Å². The molecule has 5 N–H and O–H groups in total. The molecule has 4 bridgehead atoms. The summed E-state index contributed by atoms with van der Waals surface area (Å²) in [6.45, 7) is 4.60. The number of nitrogens with zero attached hydrogens (tertiary/aromatic N) is 2. The smallest absolute Gasteiger partial charge is 0.161 e. The van der Waals surface area contributed by atoms with Gasteiger partial charge in [-0.2, -0.15) is 0 Å². The molecule has 4 saturated carbocycles. The Labute approximate surface area is 321 Å². The summed E-state index contributed by atoms with van der Waals surface area (Å²) in [6, 6.07) is 9.14. The molecule has 2 heterocycles. The SMILES string of the molecule is COc1ccc2c(c1O)C13CCN(CC4CC4)C(C2)C1CC(OC)C(N)C3.COc1ccc2c(c1O)C13CCN(CC4CC4)C(C2)C1CC(OC)C(O)C3. The van der Waals surface area contributed by atoms with Gasteiger partial charge in [0.2, 0.25) is 0 Å². The summed E-state index contributed by atoms with van der Waals surface area (Å²) in [4.78, 5) is 5.45. The summed E-state index contributed by atoms with van der Waals surface area (Å²) in [5.74, 6) is 4.42. The van der Waals surface area contributed by atoms with Crippen LogP contribution in [-0.2, 0) is 33.1 Å². The molecule has 10 unspecified atom stereocenters. The first kappa shape index (κ1) is 37.0. The Morgan fingerprint density at radius 1 is 0.685 bits per heavy atom. The Kier molecular flexibility index (Phi) is 9.66. The first-order chi connectivity index (χ1) is 26.1. The standard InChI is InChI=1S/C22H32N2O3.C22H31NO4/c1-26-18-6-5-14-9-17-15-10-19(27-2)16(23)11-22(15,20(14)21(18)25)7-8-24(17)12-13-3-4-13;1-26-18-6-5-14-9-16-15-10-19(27-2)17(24)11-22(15,20(14)21(18)25)7-8-23(16)12-13-3-4-13/h5-6,13,15-17,19,25H,3-4,7-12,23H2,1-2H3;5-6,13,15-17,19,24-25H,3-4,7-12H2,1-2H3. The average Bonchev–Trinajstić information content (AvgIpc) is 4.11. The number of aliphatic hydroxyl groups is 1. The molecular formula is C44H63N3O7. The van der Waals surface area contributed by atoms with Gasteiger partial charge in [0.05, 0.1) is 32.5 Å². The average molecular weight is 746 g/mol. The maximum atomic E-state index is 11.1. The van der Waals surface area contributed by atoms with Gasteiger partial charge >= 0.3 is 0 Å². The minimum Gasteiger partial charge on any atom is -0.504 e. The van der Waals surface area contributed by atoms with Crippen molar-refractivity contribution in [3.8, 4) is 23.0 Å². The van der Waals surface area contributed by atoms with E-state index in [2.05, 4.69) is 21.9 Å². The highest BCUT2D eigenvalue weighted by Crippen LogP contribution is 2.61. The van der Waals surface area contributed by atoms with Crippen molar-refractivity contribution < 1.29 is 34.3 Å². The van der Waals surface area contributed by atoms with Gasteiger partial charge in [0.15, 0.2) is 23.0 Å². The number of fused-ring (bicyclic) bond motifs is 2. The van der Waals surface area contributed by atoms with Gasteiger partial charge in [0, 0.05) is 67.4 Å². The van der Waals surface area contributed by atoms with E-state index in [1.54, 1.807) is 28.4 Å². The summed E-state index contributed by atoms with van der Waals surface area (Å²) >= 11 is 0. The molecule has 6 fully saturated rings. The molecular weight excluding hydrogens is 682 g/mol. The lowest BCUT2D eigenvalue weighted by Crippen LogP contribution is -2.65. The molecule has 0 radical (unpaired) electrons. The van der Waals surface area contributed by atoms with Gasteiger partial charge in [-0.25, -0.2) is 0 Å². The van der Waals surface area contributed by atoms with Gasteiger partial charge in [0.1, 0.15) is 0 Å². The van der Waals surface area contributed by atoms with Gasteiger partial charge in [-0.05, 0) is 137 Å². The number of methoxy groups -OCH3 is 4. The second kappa shape index (κ2) is 14.1. The van der Waals surface area contributed by atoms with E-state index < -0.39 is 6.10 Å². The first-order valence-electron chi connectivity index (χ1n) is 20.9. The fourth-order valence-corrected chi connectivity index (χ4v) is 12.9. The van der Waals surface area contributed by atoms with Crippen molar-refractivity contribution >= 4 is 0 Å². The quantitative estimate of drug-likeness (QED) is 0.296. The topological polar surface area (TPSA) is 130 Å². The third-order valence-corrected chi connectivity index (χ3v) is 15.8. The predicted octanol–water partition coefficient (Wildman–Crippen LogP) is 4.90. The molecule has 0 amide bonds. The molecule has 10 heteroatoms. The highest BCUT2D eigenvalue weighted by Gasteiger charge is 2.60. The summed E-state index contributed by atoms with van der Waals surface area (Å²) in [5, 5.41) is 33.0. The van der Waals surface area contributed by atoms with Crippen LogP contribution in [-0.4, -0.2) is 116 Å². The zero-order valence-corrected chi connectivity index (χ0v) is 32.8. The van der Waals surface area contributed by atoms with Crippen molar-refractivity contribution in [1.29, 1.82) is 0 Å². The molecule has 10 atom stereocenters. The van der Waals surface area contributed by atoms with Crippen molar-refractivity contribution in [3.63, 3.8) is 0 Å². The number of aliphatic hydroxyl groups excluding tert-OH is 1. The van der Waals surface area contributed by atoms with Gasteiger partial charge in [-0.1, -0.05) is 12.1 Å². The van der Waals surface area contributed by atoms with E-state index in [0.717, 1.165) is 81.0 Å². The number of likely N-dealkylation sites (tertiary alicyclic amines) is 2. The monoisotopic (exact) mass is 745 g/mol. The predicted molar refractivity (Wildman–Crippen MR) is 207 cm³/mol. The molecule has 8 aliphatic rings. The van der Waals surface area contributed by atoms with Crippen LogP contribution in [0.2, 0.25) is 0 Å². The van der Waals surface area contributed by atoms with Gasteiger partial charge in [-0.15, -0.1) is 0 Å². The fourth-order valence-electron chi connectivity index (χ4n) is 12.9. The van der Waals surface area contributed by atoms with E-state index in [1.807, 2.05) is 12.1 Å². The fraction of sp³-hybridized carbons (Fsp3) is 0.727. The maximum absolute atomic E-state index is 11.1. The van der Waals surface area contributed by atoms with Crippen molar-refractivity contribution in [2.75, 3.05) is 54.6 Å². The van der Waals surface area contributed by atoms with Crippen LogP contribution < -0.4 is 15.2 Å². The number of hydrogen-bond donors (Lipinski definition) is 4. The summed E-state index contributed by atoms with van der Waals surface area (Å²) in [5.41, 5.74) is 11.0. The zero-order chi connectivity index (χ0) is 37.5. The molecule has 0 spiro atoms. The molecule has 10 rings (SSSR count). The molecule has 2 saturated heterocycles. The lowest BCUT2D eigenvalue weighted by atomic mass is 9.51. The van der Waals surface area contributed by atoms with E-state index in [1.165, 1.54) is 49.9 Å². The van der Waals surface area contributed by atoms with Crippen LogP contribution in [0.4, 0.5) is 0 Å². The third kappa shape index (κ3) is 5.96. The summed E-state index contributed by atoms with van der Waals surface area (Å²) in [6.07, 6.45) is 12.5. The lowest BCUT2D eigenvalue weighted by molar-refractivity contribution is -0.118. The number of nitrogens with two attached hydrogens (primary N) is 1. The van der Waals surface area contributed by atoms with Gasteiger partial charge in [0.25, 0.3) is 0 Å². The lowest BCUT2D eigenvalue weighted by Gasteiger charge is -2.61. The van der Waals surface area contributed by atoms with Gasteiger partial charge in [-0.3, -0.25) is 9.80 Å². The number of piperidine rings is 2. The second-order valence-electron chi connectivity index (χ2n) is 18.4. The van der Waals surface area contributed by atoms with Crippen molar-refractivity contribution in [3.05, 3.63) is 46.5 Å². The van der Waals surface area contributed by atoms with Gasteiger partial charge < -0.3 is 40.0 Å². The molecule has 0 aromatic heterocycles. The van der Waals surface area contributed by atoms with E-state index in [9.17, 15) is 15.3 Å². The second-order valence-corrected chi connectivity index (χ2v) is 18.4. The molecule has 296 valence electrons. The molecule has 54 heavy (non-hydrogen) atoms. The Morgan fingerprint density at radius 2 is 1.15 bits per heavy atom. The Morgan fingerprint density at radius 3 is 1.59 bits per heavy atom. The van der Waals surface area contributed by atoms with E-state index in [-0.39, 0.29) is 34.8 Å². The first-order valence-corrected chi connectivity index (χ1v) is 20.9. The number of rotatable bonds is 8. The number of phenols is 2. The minimum atomic E-state index is -0.488. The van der Waals surface area contributed by atoms with Crippen LogP contribution in [0.25, 0.3) is 0 Å². The molecule has 2 aromatic carbocycles. The Hall–Kier alpha value is -2.60. The Bertz CT molecular complexity index is 1590. The maximum Gasteiger partial charge on any atom is 0.161 e. The van der Waals surface area contributed by atoms with Crippen LogP contribution in [0.15, 0.2) is 24.3 Å². The number of phenolic OH excluding ortho intramolecular Hbond substituents is 2. The molecule has 6 aliphatic carbocycles. The summed E-state index contributed by atoms with van der Waals surface area (Å²) < 4.78 is 22.3. The van der Waals surface area contributed by atoms with E-state index in [4.69, 9.17) is 24.7 Å². The van der Waals surface area contributed by atoms with Crippen LogP contribution >= 0.6 is 0 Å². The largest absolute Gasteiger partial charge is 0.504 e. The van der Waals surface area contributed by atoms with Crippen molar-refractivity contribution in [1.82, 2.24) is 9.80 Å². The van der Waals surface area contributed by atoms with Crippen LogP contribution in [0.1, 0.15) is 86.5 Å². The normalized spacial score (nSPS) is 38.2. The number of benzene rings is 2. The zero-order valence-electron chi connectivity index (χ0n) is 32.8. The minimum absolute atomic E-state index is 0.0124. The van der Waals surface area contributed by atoms with E-state index in [0.29, 0.717) is 47.6 Å². The van der Waals surface area contributed by atoms with Crippen LogP contribution in [0.5, 0.6) is 23.0 Å². The highest BCUT2D eigenvalue weighted by molar-refractivity contribution is 5.58. The number of ether oxygens (including phenoxy) is 4. The van der Waals surface area contributed by atoms with Crippen LogP contribution in [0.3, 0.4) is 0 Å². The highest BCUT2D eigenvalue weighted by atomic mass is 16.5. The number of aromatic hydroxyl groups is 2. The Balaban J connectivity index is 0.000000142. The number of hydrogen-bond acceptors (Lipinski definition) is 10. The molecule has 2 aliphatic heterocycles. The molecule has 10 nitrogen and oxygen atoms in total. The van der Waals surface area contributed by atoms with Crippen molar-refractivity contribution in [2.24, 2.45) is 29.4 Å². The molecule has 2 aromatic rings. The third-order valence-electron chi connectivity index (χ3n) is 15.8. The van der Waals surface area contributed by atoms with Crippen LogP contribution in [0, 0.1) is 23.7 Å². The summed E-state index contributed by atoms with van der Waals surface area (Å²) in [7, 11) is 6.74.